The number of phenols is 2. The van der Waals surface area contributed by atoms with Crippen LogP contribution in [0.5, 0.6) is 11.5 Å². The molecule has 2 heteroatoms. The van der Waals surface area contributed by atoms with Crippen molar-refractivity contribution in [2.75, 3.05) is 0 Å². The number of unbranched alkanes of at least 4 members (excludes halogenated alkanes) is 9. The average molecular weight is 687 g/mol. The number of benzene rings is 3. The van der Waals surface area contributed by atoms with Crippen LogP contribution < -0.4 is 0 Å². The molecule has 0 heterocycles. The maximum Gasteiger partial charge on any atom is 0.118 e. The Bertz CT molecular complexity index is 1150. The highest BCUT2D eigenvalue weighted by Gasteiger charge is 2.09. The van der Waals surface area contributed by atoms with Crippen LogP contribution in [0.3, 0.4) is 0 Å². The summed E-state index contributed by atoms with van der Waals surface area (Å²) in [4.78, 5) is 0. The molecule has 0 amide bonds. The molecule has 3 aromatic carbocycles. The van der Waals surface area contributed by atoms with E-state index in [1.54, 1.807) is 18.2 Å². The molecule has 3 rings (SSSR count). The molecule has 2 nitrogen and oxygen atoms in total. The summed E-state index contributed by atoms with van der Waals surface area (Å²) < 4.78 is 0. The largest absolute Gasteiger partial charge is 0.508 e. The maximum atomic E-state index is 9.65. The molecule has 0 aromatic heterocycles. The summed E-state index contributed by atoms with van der Waals surface area (Å²) in [5.74, 6) is 4.12. The predicted octanol–water partition coefficient (Wildman–Crippen LogP) is 14.9. The van der Waals surface area contributed by atoms with Gasteiger partial charge < -0.3 is 10.2 Å². The van der Waals surface area contributed by atoms with E-state index >= 15 is 0 Å². The fourth-order valence-corrected chi connectivity index (χ4v) is 6.60. The van der Waals surface area contributed by atoms with Crippen molar-refractivity contribution in [2.45, 2.75) is 170 Å². The molecule has 0 radical (unpaired) electrons. The smallest absolute Gasteiger partial charge is 0.118 e. The van der Waals surface area contributed by atoms with E-state index in [1.165, 1.54) is 120 Å². The summed E-state index contributed by atoms with van der Waals surface area (Å²) in [6.45, 7) is 16.2. The highest BCUT2D eigenvalue weighted by Crippen LogP contribution is 2.23. The molecule has 0 aliphatic heterocycles. The molecular formula is C48H78O2. The van der Waals surface area contributed by atoms with E-state index < -0.39 is 0 Å². The normalized spacial score (nSPS) is 13.3. The molecule has 0 saturated carbocycles. The van der Waals surface area contributed by atoms with Crippen molar-refractivity contribution in [3.63, 3.8) is 0 Å². The monoisotopic (exact) mass is 687 g/mol. The van der Waals surface area contributed by atoms with Crippen LogP contribution in [0.15, 0.2) is 78.9 Å². The summed E-state index contributed by atoms with van der Waals surface area (Å²) >= 11 is 0. The van der Waals surface area contributed by atoms with Gasteiger partial charge in [0.15, 0.2) is 0 Å². The third kappa shape index (κ3) is 24.4. The van der Waals surface area contributed by atoms with Crippen LogP contribution in [-0.2, 0) is 19.3 Å². The number of aromatic hydroxyl groups is 2. The zero-order valence-corrected chi connectivity index (χ0v) is 33.6. The van der Waals surface area contributed by atoms with E-state index in [2.05, 4.69) is 78.8 Å². The third-order valence-corrected chi connectivity index (χ3v) is 10.4. The molecular weight excluding hydrogens is 609 g/mol. The molecule has 282 valence electrons. The Labute approximate surface area is 310 Å². The van der Waals surface area contributed by atoms with E-state index in [0.717, 1.165) is 42.1 Å². The SMILES string of the molecule is CCC(C)CC(C)CCc1ccccc1.CCC(C)CC(C)CCc1ccccc1O.CCCCCCCCCCCCc1ccc(O)cc1. The summed E-state index contributed by atoms with van der Waals surface area (Å²) in [6, 6.07) is 26.1. The molecule has 4 atom stereocenters. The Kier molecular flexibility index (Phi) is 27.1. The van der Waals surface area contributed by atoms with Gasteiger partial charge in [0.25, 0.3) is 0 Å². The molecule has 50 heavy (non-hydrogen) atoms. The second-order valence-electron chi connectivity index (χ2n) is 15.5. The second-order valence-corrected chi connectivity index (χ2v) is 15.5. The summed E-state index contributed by atoms with van der Waals surface area (Å²) in [7, 11) is 0. The van der Waals surface area contributed by atoms with Crippen molar-refractivity contribution in [1.82, 2.24) is 0 Å². The number of rotatable bonds is 23. The zero-order chi connectivity index (χ0) is 36.8. The molecule has 0 bridgehead atoms. The first-order valence-electron chi connectivity index (χ1n) is 20.8. The topological polar surface area (TPSA) is 40.5 Å². The molecule has 4 unspecified atom stereocenters. The van der Waals surface area contributed by atoms with Gasteiger partial charge in [0, 0.05) is 0 Å². The summed E-state index contributed by atoms with van der Waals surface area (Å²) in [5.41, 5.74) is 3.91. The van der Waals surface area contributed by atoms with Crippen LogP contribution in [0, 0.1) is 23.7 Å². The molecule has 2 N–H and O–H groups in total. The van der Waals surface area contributed by atoms with E-state index in [1.807, 2.05) is 30.3 Å². The van der Waals surface area contributed by atoms with Crippen LogP contribution >= 0.6 is 0 Å². The van der Waals surface area contributed by atoms with Crippen molar-refractivity contribution in [3.8, 4) is 11.5 Å². The van der Waals surface area contributed by atoms with Gasteiger partial charge in [-0.1, -0.05) is 180 Å². The molecule has 3 aromatic rings. The Morgan fingerprint density at radius 2 is 0.900 bits per heavy atom. The van der Waals surface area contributed by atoms with Gasteiger partial charge in [0.1, 0.15) is 11.5 Å². The highest BCUT2D eigenvalue weighted by molar-refractivity contribution is 5.31. The van der Waals surface area contributed by atoms with Crippen molar-refractivity contribution in [3.05, 3.63) is 95.6 Å². The number of hydrogen-bond acceptors (Lipinski definition) is 2. The molecule has 0 fully saturated rings. The minimum Gasteiger partial charge on any atom is -0.508 e. The van der Waals surface area contributed by atoms with Crippen molar-refractivity contribution in [2.24, 2.45) is 23.7 Å². The number of aryl methyl sites for hydroxylation is 3. The van der Waals surface area contributed by atoms with Gasteiger partial charge in [-0.05, 0) is 110 Å². The minimum atomic E-state index is 0.367. The van der Waals surface area contributed by atoms with Crippen molar-refractivity contribution in [1.29, 1.82) is 0 Å². The average Bonchev–Trinajstić information content (AvgIpc) is 3.13. The minimum absolute atomic E-state index is 0.367. The lowest BCUT2D eigenvalue weighted by Crippen LogP contribution is -2.03. The molecule has 0 aliphatic rings. The van der Waals surface area contributed by atoms with Crippen molar-refractivity contribution >= 4 is 0 Å². The molecule has 0 spiro atoms. The van der Waals surface area contributed by atoms with E-state index in [0.29, 0.717) is 11.5 Å². The lowest BCUT2D eigenvalue weighted by molar-refractivity contribution is 0.384. The first-order chi connectivity index (χ1) is 24.2. The third-order valence-electron chi connectivity index (χ3n) is 10.4. The van der Waals surface area contributed by atoms with Gasteiger partial charge in [-0.25, -0.2) is 0 Å². The Morgan fingerprint density at radius 1 is 0.440 bits per heavy atom. The van der Waals surface area contributed by atoms with E-state index in [9.17, 15) is 10.2 Å². The number of para-hydroxylation sites is 1. The van der Waals surface area contributed by atoms with E-state index in [-0.39, 0.29) is 0 Å². The van der Waals surface area contributed by atoms with Crippen LogP contribution in [0.25, 0.3) is 0 Å². The van der Waals surface area contributed by atoms with Crippen LogP contribution in [0.2, 0.25) is 0 Å². The fraction of sp³-hybridized carbons (Fsp3) is 0.625. The van der Waals surface area contributed by atoms with Gasteiger partial charge in [0.05, 0.1) is 0 Å². The molecule has 0 saturated heterocycles. The maximum absolute atomic E-state index is 9.65. The first kappa shape index (κ1) is 45.3. The van der Waals surface area contributed by atoms with Crippen LogP contribution in [0.1, 0.15) is 168 Å². The van der Waals surface area contributed by atoms with Gasteiger partial charge in [-0.3, -0.25) is 0 Å². The van der Waals surface area contributed by atoms with Crippen molar-refractivity contribution < 1.29 is 10.2 Å². The number of hydrogen-bond donors (Lipinski definition) is 2. The van der Waals surface area contributed by atoms with Gasteiger partial charge >= 0.3 is 0 Å². The Hall–Kier alpha value is -2.74. The molecule has 0 aliphatic carbocycles. The Morgan fingerprint density at radius 3 is 1.42 bits per heavy atom. The van der Waals surface area contributed by atoms with Gasteiger partial charge in [-0.2, -0.15) is 0 Å². The summed E-state index contributed by atoms with van der Waals surface area (Å²) in [6.07, 6.45) is 25.0. The standard InChI is InChI=1S/C18H30O.C15H24O.C15H24/c1-2-3-4-5-6-7-8-9-10-11-12-17-13-15-18(19)16-14-17;1-4-12(2)11-13(3)9-10-14-7-5-6-8-15(14)16;1-4-13(2)12-14(3)10-11-15-8-6-5-7-9-15/h13-16,19H,2-12H2,1H3;5-8,12-13,16H,4,9-11H2,1-3H3;5-9,13-14H,4,10-12H2,1-3H3. The van der Waals surface area contributed by atoms with Gasteiger partial charge in [-0.15, -0.1) is 0 Å². The van der Waals surface area contributed by atoms with Crippen LogP contribution in [0.4, 0.5) is 0 Å². The predicted molar refractivity (Wildman–Crippen MR) is 221 cm³/mol. The second kappa shape index (κ2) is 29.9. The summed E-state index contributed by atoms with van der Waals surface area (Å²) in [5, 5.41) is 18.9. The number of phenolic OH excluding ortho intramolecular Hbond substituents is 2. The quantitative estimate of drug-likeness (QED) is 0.0975. The van der Waals surface area contributed by atoms with Gasteiger partial charge in [0.2, 0.25) is 0 Å². The fourth-order valence-electron chi connectivity index (χ4n) is 6.60. The van der Waals surface area contributed by atoms with Crippen LogP contribution in [-0.4, -0.2) is 10.2 Å². The lowest BCUT2D eigenvalue weighted by atomic mass is 9.91. The first-order valence-corrected chi connectivity index (χ1v) is 20.8. The van der Waals surface area contributed by atoms with E-state index in [4.69, 9.17) is 0 Å². The zero-order valence-electron chi connectivity index (χ0n) is 33.6. The highest BCUT2D eigenvalue weighted by atomic mass is 16.3. The lowest BCUT2D eigenvalue weighted by Gasteiger charge is -2.15. The Balaban J connectivity index is 0.000000378.